The number of hydrogen-bond donors (Lipinski definition) is 1. The van der Waals surface area contributed by atoms with Crippen molar-refractivity contribution in [1.82, 2.24) is 4.98 Å². The molecule has 0 fully saturated rings. The van der Waals surface area contributed by atoms with Crippen molar-refractivity contribution >= 4 is 40.0 Å². The minimum absolute atomic E-state index is 0.412. The molecule has 0 bridgehead atoms. The van der Waals surface area contributed by atoms with Crippen LogP contribution in [0.3, 0.4) is 0 Å². The van der Waals surface area contributed by atoms with E-state index in [1.54, 1.807) is 23.1 Å². The van der Waals surface area contributed by atoms with Gasteiger partial charge in [0.25, 0.3) is 0 Å². The zero-order valence-electron chi connectivity index (χ0n) is 6.73. The molecule has 66 valence electrons. The molecular weight excluding hydrogens is 202 g/mol. The highest BCUT2D eigenvalue weighted by Crippen LogP contribution is 2.31. The van der Waals surface area contributed by atoms with Gasteiger partial charge in [-0.2, -0.15) is 0 Å². The molecule has 1 unspecified atom stereocenters. The Hall–Kier alpha value is -0.810. The third kappa shape index (κ3) is 1.04. The second-order valence-electron chi connectivity index (χ2n) is 2.95. The number of amidine groups is 1. The van der Waals surface area contributed by atoms with Crippen molar-refractivity contribution in [3.8, 4) is 0 Å². The lowest BCUT2D eigenvalue weighted by atomic mass is 10.1. The quantitative estimate of drug-likeness (QED) is 0.647. The molecule has 2 aliphatic rings. The van der Waals surface area contributed by atoms with Crippen LogP contribution in [0.1, 0.15) is 6.42 Å². The summed E-state index contributed by atoms with van der Waals surface area (Å²) in [7, 11) is 0. The summed E-state index contributed by atoms with van der Waals surface area (Å²) < 4.78 is 1.24. The lowest BCUT2D eigenvalue weighted by Gasteiger charge is -2.07. The Morgan fingerprint density at radius 3 is 3.38 bits per heavy atom. The number of hydrogen-bond acceptors (Lipinski definition) is 5. The normalized spacial score (nSPS) is 24.8. The molecule has 2 heterocycles. The maximum atomic E-state index is 5.67. The van der Waals surface area contributed by atoms with Crippen molar-refractivity contribution in [1.29, 1.82) is 0 Å². The van der Waals surface area contributed by atoms with Crippen molar-refractivity contribution in [2.75, 3.05) is 0 Å². The highest BCUT2D eigenvalue weighted by atomic mass is 32.2. The van der Waals surface area contributed by atoms with Crippen LogP contribution < -0.4 is 15.6 Å². The van der Waals surface area contributed by atoms with Crippen molar-refractivity contribution in [3.63, 3.8) is 0 Å². The molecule has 5 heteroatoms. The maximum Gasteiger partial charge on any atom is 0.159 e. The average molecular weight is 209 g/mol. The van der Waals surface area contributed by atoms with E-state index in [0.717, 1.165) is 17.5 Å². The Morgan fingerprint density at radius 1 is 1.54 bits per heavy atom. The summed E-state index contributed by atoms with van der Waals surface area (Å²) in [6.07, 6.45) is 3.25. The van der Waals surface area contributed by atoms with E-state index in [9.17, 15) is 0 Å². The van der Waals surface area contributed by atoms with Crippen LogP contribution >= 0.6 is 23.1 Å². The Morgan fingerprint density at radius 2 is 2.46 bits per heavy atom. The Bertz CT molecular complexity index is 500. The fourth-order valence-corrected chi connectivity index (χ4v) is 3.23. The van der Waals surface area contributed by atoms with E-state index in [2.05, 4.69) is 16.1 Å². The molecule has 0 aromatic carbocycles. The largest absolute Gasteiger partial charge is 0.378 e. The SMILES string of the molecule is NC1=NC2=c3ncsc3=CCC2S1. The number of aliphatic imine (C=N–C) groups is 1. The third-order valence-corrected chi connectivity index (χ3v) is 4.01. The first-order chi connectivity index (χ1) is 6.34. The van der Waals surface area contributed by atoms with Gasteiger partial charge in [-0.1, -0.05) is 17.8 Å². The monoisotopic (exact) mass is 209 g/mol. The van der Waals surface area contributed by atoms with Crippen molar-refractivity contribution < 1.29 is 0 Å². The molecule has 2 N–H and O–H groups in total. The topological polar surface area (TPSA) is 51.3 Å². The zero-order valence-corrected chi connectivity index (χ0v) is 8.36. The Kier molecular flexibility index (Phi) is 1.51. The minimum atomic E-state index is 0.412. The maximum absolute atomic E-state index is 5.67. The summed E-state index contributed by atoms with van der Waals surface area (Å²) in [4.78, 5) is 8.63. The first-order valence-electron chi connectivity index (χ1n) is 3.99. The lowest BCUT2D eigenvalue weighted by molar-refractivity contribution is 1.07. The molecular formula is C8H7N3S2. The van der Waals surface area contributed by atoms with E-state index in [-0.39, 0.29) is 0 Å². The second kappa shape index (κ2) is 2.59. The molecule has 3 nitrogen and oxygen atoms in total. The fraction of sp³-hybridized carbons (Fsp3) is 0.250. The number of thiazole rings is 1. The van der Waals surface area contributed by atoms with E-state index >= 15 is 0 Å². The molecule has 0 spiro atoms. The summed E-state index contributed by atoms with van der Waals surface area (Å²) in [6.45, 7) is 0. The molecule has 1 aliphatic heterocycles. The fourth-order valence-electron chi connectivity index (χ4n) is 1.59. The Labute approximate surface area is 83.1 Å². The van der Waals surface area contributed by atoms with Gasteiger partial charge in [0.05, 0.1) is 21.0 Å². The molecule has 1 aromatic rings. The van der Waals surface area contributed by atoms with E-state index in [4.69, 9.17) is 5.73 Å². The predicted octanol–water partition coefficient (Wildman–Crippen LogP) is -0.134. The van der Waals surface area contributed by atoms with Gasteiger partial charge >= 0.3 is 0 Å². The Balaban J connectivity index is 2.39. The van der Waals surface area contributed by atoms with Gasteiger partial charge in [0.1, 0.15) is 5.35 Å². The van der Waals surface area contributed by atoms with Crippen LogP contribution in [0.4, 0.5) is 0 Å². The first-order valence-corrected chi connectivity index (χ1v) is 5.75. The molecule has 1 atom stereocenters. The molecule has 3 rings (SSSR count). The van der Waals surface area contributed by atoms with Crippen molar-refractivity contribution in [2.45, 2.75) is 11.7 Å². The molecule has 0 saturated heterocycles. The number of nitrogens with zero attached hydrogens (tertiary/aromatic N) is 2. The smallest absolute Gasteiger partial charge is 0.159 e. The molecule has 1 aliphatic carbocycles. The van der Waals surface area contributed by atoms with Gasteiger partial charge in [0.15, 0.2) is 5.17 Å². The molecule has 0 radical (unpaired) electrons. The highest BCUT2D eigenvalue weighted by Gasteiger charge is 2.26. The van der Waals surface area contributed by atoms with Crippen LogP contribution in [-0.2, 0) is 0 Å². The summed E-state index contributed by atoms with van der Waals surface area (Å²) in [5, 5.41) is 2.12. The van der Waals surface area contributed by atoms with Crippen LogP contribution in [-0.4, -0.2) is 15.4 Å². The van der Waals surface area contributed by atoms with Gasteiger partial charge in [-0.15, -0.1) is 11.3 Å². The summed E-state index contributed by atoms with van der Waals surface area (Å²) in [6, 6.07) is 0. The third-order valence-electron chi connectivity index (χ3n) is 2.15. The first kappa shape index (κ1) is 7.58. The number of thioether (sulfide) groups is 1. The standard InChI is InChI=1S/C8H7N3S2/c9-8-11-7-5(13-8)2-1-4-6(7)10-3-12-4/h1,3,5H,2H2,(H2,9,11). The van der Waals surface area contributed by atoms with Gasteiger partial charge < -0.3 is 5.73 Å². The van der Waals surface area contributed by atoms with Gasteiger partial charge in [-0.05, 0) is 6.42 Å². The van der Waals surface area contributed by atoms with Crippen LogP contribution in [0.2, 0.25) is 0 Å². The van der Waals surface area contributed by atoms with Crippen LogP contribution in [0, 0.1) is 0 Å². The van der Waals surface area contributed by atoms with Crippen molar-refractivity contribution in [3.05, 3.63) is 15.4 Å². The zero-order chi connectivity index (χ0) is 8.84. The van der Waals surface area contributed by atoms with Crippen LogP contribution in [0.5, 0.6) is 0 Å². The van der Waals surface area contributed by atoms with Gasteiger partial charge in [0.2, 0.25) is 0 Å². The lowest BCUT2D eigenvalue weighted by Crippen LogP contribution is -2.30. The van der Waals surface area contributed by atoms with E-state index < -0.39 is 0 Å². The average Bonchev–Trinajstić information content (AvgIpc) is 2.65. The van der Waals surface area contributed by atoms with Gasteiger partial charge in [0, 0.05) is 0 Å². The van der Waals surface area contributed by atoms with Crippen molar-refractivity contribution in [2.24, 2.45) is 10.7 Å². The van der Waals surface area contributed by atoms with Gasteiger partial charge in [-0.3, -0.25) is 0 Å². The summed E-state index contributed by atoms with van der Waals surface area (Å²) in [5.74, 6) is 0. The van der Waals surface area contributed by atoms with Gasteiger partial charge in [-0.25, -0.2) is 9.98 Å². The molecule has 1 aromatic heterocycles. The predicted molar refractivity (Wildman–Crippen MR) is 56.9 cm³/mol. The molecule has 0 saturated carbocycles. The summed E-state index contributed by atoms with van der Waals surface area (Å²) >= 11 is 3.31. The highest BCUT2D eigenvalue weighted by molar-refractivity contribution is 8.15. The van der Waals surface area contributed by atoms with E-state index in [1.807, 2.05) is 5.51 Å². The second-order valence-corrected chi connectivity index (χ2v) is 5.06. The molecule has 0 amide bonds. The van der Waals surface area contributed by atoms with E-state index in [1.165, 1.54) is 4.53 Å². The minimum Gasteiger partial charge on any atom is -0.378 e. The molecule has 13 heavy (non-hydrogen) atoms. The van der Waals surface area contributed by atoms with E-state index in [0.29, 0.717) is 10.4 Å². The number of fused-ring (bicyclic) bond motifs is 2. The van der Waals surface area contributed by atoms with Crippen LogP contribution in [0.15, 0.2) is 10.5 Å². The summed E-state index contributed by atoms with van der Waals surface area (Å²) in [5.41, 5.74) is 8.61. The number of rotatable bonds is 0. The van der Waals surface area contributed by atoms with Crippen LogP contribution in [0.25, 0.3) is 11.8 Å². The number of nitrogens with two attached hydrogens (primary N) is 1. The number of aromatic nitrogens is 1.